The summed E-state index contributed by atoms with van der Waals surface area (Å²) in [7, 11) is 0. The van der Waals surface area contributed by atoms with Crippen LogP contribution in [0.2, 0.25) is 0 Å². The van der Waals surface area contributed by atoms with E-state index in [-0.39, 0.29) is 11.3 Å². The Balaban J connectivity index is 1.38. The van der Waals surface area contributed by atoms with Crippen LogP contribution in [0.4, 0.5) is 10.1 Å². The molecule has 1 aliphatic heterocycles. The highest BCUT2D eigenvalue weighted by molar-refractivity contribution is 5.95. The first-order valence-corrected chi connectivity index (χ1v) is 9.12. The third-order valence-electron chi connectivity index (χ3n) is 5.74. The molecule has 1 aliphatic carbocycles. The van der Waals surface area contributed by atoms with Gasteiger partial charge >= 0.3 is 5.97 Å². The van der Waals surface area contributed by atoms with Crippen molar-refractivity contribution >= 4 is 11.7 Å². The highest BCUT2D eigenvalue weighted by Crippen LogP contribution is 2.43. The summed E-state index contributed by atoms with van der Waals surface area (Å²) in [5.74, 6) is -0.122. The van der Waals surface area contributed by atoms with E-state index in [1.807, 2.05) is 6.07 Å². The van der Waals surface area contributed by atoms with Gasteiger partial charge in [-0.05, 0) is 42.5 Å². The first-order chi connectivity index (χ1) is 12.6. The largest absolute Gasteiger partial charge is 0.462 e. The number of hydrogen-bond acceptors (Lipinski definition) is 4. The van der Waals surface area contributed by atoms with Crippen LogP contribution in [0.5, 0.6) is 0 Å². The number of fused-ring (bicyclic) bond motifs is 2. The summed E-state index contributed by atoms with van der Waals surface area (Å²) >= 11 is 0. The van der Waals surface area contributed by atoms with Crippen LogP contribution in [-0.2, 0) is 11.3 Å². The molecule has 2 N–H and O–H groups in total. The molecule has 136 valence electrons. The van der Waals surface area contributed by atoms with Crippen LogP contribution < -0.4 is 5.73 Å². The zero-order chi connectivity index (χ0) is 18.1. The maximum Gasteiger partial charge on any atom is 0.340 e. The van der Waals surface area contributed by atoms with Crippen LogP contribution in [0.25, 0.3) is 0 Å². The van der Waals surface area contributed by atoms with Crippen LogP contribution >= 0.6 is 0 Å². The Morgan fingerprint density at radius 1 is 1.19 bits per heavy atom. The van der Waals surface area contributed by atoms with Crippen LogP contribution in [-0.4, -0.2) is 30.1 Å². The standard InChI is InChI=1S/C21H23FN2O2/c22-16-7-8-19(23)17(10-16)21(25)26-13-18-15-6-9-20(18)24(12-15)11-14-4-2-1-3-5-14/h1-5,7-8,10,15,18,20H,6,9,11-13,23H2. The molecule has 2 aromatic carbocycles. The average Bonchev–Trinajstić information content (AvgIpc) is 3.19. The lowest BCUT2D eigenvalue weighted by atomic mass is 9.99. The number of halogens is 1. The van der Waals surface area contributed by atoms with E-state index >= 15 is 0 Å². The van der Waals surface area contributed by atoms with Gasteiger partial charge in [0.2, 0.25) is 0 Å². The minimum Gasteiger partial charge on any atom is -0.462 e. The zero-order valence-electron chi connectivity index (χ0n) is 14.6. The molecule has 2 aliphatic rings. The van der Waals surface area contributed by atoms with Gasteiger partial charge in [0.15, 0.2) is 0 Å². The number of anilines is 1. The van der Waals surface area contributed by atoms with Gasteiger partial charge < -0.3 is 10.5 Å². The topological polar surface area (TPSA) is 55.6 Å². The number of carbonyl (C=O) groups excluding carboxylic acids is 1. The predicted octanol–water partition coefficient (Wildman–Crippen LogP) is 3.48. The highest BCUT2D eigenvalue weighted by Gasteiger charge is 2.47. The van der Waals surface area contributed by atoms with E-state index in [4.69, 9.17) is 10.5 Å². The molecule has 0 amide bonds. The average molecular weight is 354 g/mol. The van der Waals surface area contributed by atoms with Crippen LogP contribution in [0.1, 0.15) is 28.8 Å². The summed E-state index contributed by atoms with van der Waals surface area (Å²) in [5.41, 5.74) is 7.44. The van der Waals surface area contributed by atoms with E-state index in [2.05, 4.69) is 29.2 Å². The van der Waals surface area contributed by atoms with Crippen molar-refractivity contribution in [2.24, 2.45) is 11.8 Å². The van der Waals surface area contributed by atoms with Crippen molar-refractivity contribution < 1.29 is 13.9 Å². The second-order valence-electron chi connectivity index (χ2n) is 7.31. The molecule has 0 radical (unpaired) electrons. The van der Waals surface area contributed by atoms with E-state index < -0.39 is 11.8 Å². The van der Waals surface area contributed by atoms with E-state index in [9.17, 15) is 9.18 Å². The molecule has 0 aromatic heterocycles. The van der Waals surface area contributed by atoms with E-state index in [0.29, 0.717) is 24.5 Å². The molecule has 26 heavy (non-hydrogen) atoms. The molecule has 4 rings (SSSR count). The van der Waals surface area contributed by atoms with Gasteiger partial charge in [0.25, 0.3) is 0 Å². The van der Waals surface area contributed by atoms with Gasteiger partial charge in [-0.1, -0.05) is 30.3 Å². The molecule has 2 fully saturated rings. The molecule has 2 bridgehead atoms. The van der Waals surface area contributed by atoms with Gasteiger partial charge in [-0.3, -0.25) is 4.90 Å². The highest BCUT2D eigenvalue weighted by atomic mass is 19.1. The Kier molecular flexibility index (Phi) is 4.64. The number of benzene rings is 2. The SMILES string of the molecule is Nc1ccc(F)cc1C(=O)OCC1C2CCC1N(Cc1ccccc1)C2. The maximum absolute atomic E-state index is 13.4. The fraction of sp³-hybridized carbons (Fsp3) is 0.381. The number of ether oxygens (including phenoxy) is 1. The Bertz CT molecular complexity index is 796. The maximum atomic E-state index is 13.4. The van der Waals surface area contributed by atoms with Gasteiger partial charge in [0, 0.05) is 30.7 Å². The van der Waals surface area contributed by atoms with Gasteiger partial charge in [0.05, 0.1) is 12.2 Å². The molecule has 4 nitrogen and oxygen atoms in total. The third kappa shape index (κ3) is 3.31. The molecule has 3 atom stereocenters. The molecule has 3 unspecified atom stereocenters. The molecule has 1 saturated carbocycles. The number of nitrogens with zero attached hydrogens (tertiary/aromatic N) is 1. The first kappa shape index (κ1) is 17.0. The van der Waals surface area contributed by atoms with Gasteiger partial charge in [-0.15, -0.1) is 0 Å². The molecular formula is C21H23FN2O2. The second kappa shape index (κ2) is 7.08. The summed E-state index contributed by atoms with van der Waals surface area (Å²) in [5, 5.41) is 0. The fourth-order valence-corrected chi connectivity index (χ4v) is 4.45. The second-order valence-corrected chi connectivity index (χ2v) is 7.31. The number of rotatable bonds is 5. The number of piperidine rings is 1. The van der Waals surface area contributed by atoms with E-state index in [1.165, 1.54) is 24.1 Å². The lowest BCUT2D eigenvalue weighted by Gasteiger charge is -2.27. The lowest BCUT2D eigenvalue weighted by molar-refractivity contribution is 0.0409. The zero-order valence-corrected chi connectivity index (χ0v) is 14.6. The van der Waals surface area contributed by atoms with Crippen LogP contribution in [0, 0.1) is 17.7 Å². The Hall–Kier alpha value is -2.40. The van der Waals surface area contributed by atoms with E-state index in [1.54, 1.807) is 0 Å². The Labute approximate surface area is 152 Å². The number of likely N-dealkylation sites (tertiary alicyclic amines) is 1. The first-order valence-electron chi connectivity index (χ1n) is 9.12. The van der Waals surface area contributed by atoms with Crippen molar-refractivity contribution in [3.63, 3.8) is 0 Å². The van der Waals surface area contributed by atoms with Crippen molar-refractivity contribution in [2.45, 2.75) is 25.4 Å². The van der Waals surface area contributed by atoms with Crippen molar-refractivity contribution in [3.05, 3.63) is 65.5 Å². The summed E-state index contributed by atoms with van der Waals surface area (Å²) in [6, 6.07) is 14.7. The molecule has 2 aromatic rings. The third-order valence-corrected chi connectivity index (χ3v) is 5.74. The normalized spacial score (nSPS) is 24.7. The monoisotopic (exact) mass is 354 g/mol. The molecule has 5 heteroatoms. The molecular weight excluding hydrogens is 331 g/mol. The number of hydrogen-bond donors (Lipinski definition) is 1. The van der Waals surface area contributed by atoms with Gasteiger partial charge in [0.1, 0.15) is 5.82 Å². The summed E-state index contributed by atoms with van der Waals surface area (Å²) < 4.78 is 18.9. The number of carbonyl (C=O) groups is 1. The Morgan fingerprint density at radius 2 is 2.00 bits per heavy atom. The van der Waals surface area contributed by atoms with Crippen molar-refractivity contribution in [1.29, 1.82) is 0 Å². The molecule has 1 heterocycles. The molecule has 1 saturated heterocycles. The summed E-state index contributed by atoms with van der Waals surface area (Å²) in [4.78, 5) is 14.8. The number of nitrogens with two attached hydrogens (primary N) is 1. The van der Waals surface area contributed by atoms with Gasteiger partial charge in [-0.2, -0.15) is 0 Å². The summed E-state index contributed by atoms with van der Waals surface area (Å²) in [6.07, 6.45) is 2.32. The summed E-state index contributed by atoms with van der Waals surface area (Å²) in [6.45, 7) is 2.35. The minimum atomic E-state index is -0.539. The smallest absolute Gasteiger partial charge is 0.340 e. The fourth-order valence-electron chi connectivity index (χ4n) is 4.45. The van der Waals surface area contributed by atoms with Crippen molar-refractivity contribution in [3.8, 4) is 0 Å². The number of esters is 1. The van der Waals surface area contributed by atoms with Crippen molar-refractivity contribution in [2.75, 3.05) is 18.9 Å². The van der Waals surface area contributed by atoms with Crippen molar-refractivity contribution in [1.82, 2.24) is 4.90 Å². The van der Waals surface area contributed by atoms with E-state index in [0.717, 1.165) is 25.6 Å². The van der Waals surface area contributed by atoms with Crippen LogP contribution in [0.3, 0.4) is 0 Å². The predicted molar refractivity (Wildman–Crippen MR) is 97.9 cm³/mol. The van der Waals surface area contributed by atoms with Gasteiger partial charge in [-0.25, -0.2) is 9.18 Å². The number of nitrogen functional groups attached to an aromatic ring is 1. The Morgan fingerprint density at radius 3 is 2.81 bits per heavy atom. The van der Waals surface area contributed by atoms with Crippen LogP contribution in [0.15, 0.2) is 48.5 Å². The molecule has 0 spiro atoms. The lowest BCUT2D eigenvalue weighted by Crippen LogP contribution is -2.33. The quantitative estimate of drug-likeness (QED) is 0.660. The minimum absolute atomic E-state index is 0.108.